The van der Waals surface area contributed by atoms with Crippen LogP contribution in [0.5, 0.6) is 0 Å². The van der Waals surface area contributed by atoms with Crippen molar-refractivity contribution >= 4 is 23.3 Å². The Balaban J connectivity index is 2.03. The molecule has 0 spiro atoms. The highest BCUT2D eigenvalue weighted by Crippen LogP contribution is 2.09. The summed E-state index contributed by atoms with van der Waals surface area (Å²) in [5.41, 5.74) is 0. The lowest BCUT2D eigenvalue weighted by atomic mass is 10.4. The van der Waals surface area contributed by atoms with Crippen LogP contribution in [0.15, 0.2) is 27.5 Å². The normalized spacial score (nSPS) is 21.7. The van der Waals surface area contributed by atoms with Gasteiger partial charge in [0, 0.05) is 19.0 Å². The minimum absolute atomic E-state index is 0.0516. The lowest BCUT2D eigenvalue weighted by Crippen LogP contribution is -2.53. The molecule has 1 unspecified atom stereocenters. The van der Waals surface area contributed by atoms with Crippen molar-refractivity contribution in [1.82, 2.24) is 15.5 Å². The topological polar surface area (TPSA) is 52.0 Å². The first kappa shape index (κ1) is 11.9. The second-order valence-electron chi connectivity index (χ2n) is 4.04. The van der Waals surface area contributed by atoms with Gasteiger partial charge in [0.15, 0.2) is 5.96 Å². The van der Waals surface area contributed by atoms with E-state index < -0.39 is 0 Å². The van der Waals surface area contributed by atoms with Crippen LogP contribution in [0.1, 0.15) is 11.8 Å². The zero-order chi connectivity index (χ0) is 12.3. The first-order chi connectivity index (χ1) is 8.15. The molecule has 6 heteroatoms. The van der Waals surface area contributed by atoms with Crippen LogP contribution in [0.25, 0.3) is 0 Å². The molecule has 0 bridgehead atoms. The summed E-state index contributed by atoms with van der Waals surface area (Å²) >= 11 is 1.72. The van der Waals surface area contributed by atoms with E-state index in [2.05, 4.69) is 32.1 Å². The molecule has 0 fully saturated rings. The predicted octanol–water partition coefficient (Wildman–Crippen LogP) is 1.06. The lowest BCUT2D eigenvalue weighted by molar-refractivity contribution is 0.559. The fraction of sp³-hybridized carbons (Fsp3) is 0.455. The van der Waals surface area contributed by atoms with E-state index in [1.54, 1.807) is 11.3 Å². The summed E-state index contributed by atoms with van der Waals surface area (Å²) in [4.78, 5) is 12.1. The maximum absolute atomic E-state index is 4.51. The molecule has 0 aliphatic carbocycles. The number of aliphatic imine (C=N–C) groups is 2. The van der Waals surface area contributed by atoms with E-state index in [1.165, 1.54) is 4.88 Å². The molecule has 1 aliphatic rings. The summed E-state index contributed by atoms with van der Waals surface area (Å²) in [6.07, 6.45) is 0.0516. The van der Waals surface area contributed by atoms with Gasteiger partial charge in [0.25, 0.3) is 0 Å². The molecule has 5 nitrogen and oxygen atoms in total. The zero-order valence-electron chi connectivity index (χ0n) is 10.3. The van der Waals surface area contributed by atoms with E-state index >= 15 is 0 Å². The molecule has 0 amide bonds. The Bertz CT molecular complexity index is 421. The van der Waals surface area contributed by atoms with Gasteiger partial charge in [-0.05, 0) is 18.4 Å². The third kappa shape index (κ3) is 3.20. The van der Waals surface area contributed by atoms with Gasteiger partial charge in [-0.2, -0.15) is 0 Å². The van der Waals surface area contributed by atoms with E-state index in [-0.39, 0.29) is 6.17 Å². The van der Waals surface area contributed by atoms with Gasteiger partial charge in [-0.3, -0.25) is 5.32 Å². The molecular weight excluding hydrogens is 234 g/mol. The highest BCUT2D eigenvalue weighted by Gasteiger charge is 2.15. The molecule has 92 valence electrons. The Hall–Kier alpha value is -1.56. The number of thiophene rings is 1. The van der Waals surface area contributed by atoms with Gasteiger partial charge in [0.05, 0.1) is 6.54 Å². The SMILES string of the molecule is CC1N=C(N(C)C)NC(=NCc2cccs2)N1. The van der Waals surface area contributed by atoms with Crippen molar-refractivity contribution in [2.75, 3.05) is 14.1 Å². The van der Waals surface area contributed by atoms with Crippen LogP contribution in [0.3, 0.4) is 0 Å². The molecule has 1 aromatic rings. The maximum Gasteiger partial charge on any atom is 0.202 e. The molecular formula is C11H17N5S. The Kier molecular flexibility index (Phi) is 3.63. The second-order valence-corrected chi connectivity index (χ2v) is 5.07. The minimum atomic E-state index is 0.0516. The van der Waals surface area contributed by atoms with Gasteiger partial charge in [-0.15, -0.1) is 11.3 Å². The Morgan fingerprint density at radius 1 is 1.53 bits per heavy atom. The van der Waals surface area contributed by atoms with E-state index in [0.717, 1.165) is 11.9 Å². The van der Waals surface area contributed by atoms with Crippen molar-refractivity contribution in [2.45, 2.75) is 19.6 Å². The molecule has 2 rings (SSSR count). The van der Waals surface area contributed by atoms with E-state index in [4.69, 9.17) is 0 Å². The fourth-order valence-electron chi connectivity index (χ4n) is 1.46. The van der Waals surface area contributed by atoms with Crippen molar-refractivity contribution in [3.05, 3.63) is 22.4 Å². The van der Waals surface area contributed by atoms with Gasteiger partial charge in [0.1, 0.15) is 6.17 Å². The number of rotatable bonds is 2. The van der Waals surface area contributed by atoms with Crippen LogP contribution >= 0.6 is 11.3 Å². The maximum atomic E-state index is 4.51. The Morgan fingerprint density at radius 2 is 2.35 bits per heavy atom. The van der Waals surface area contributed by atoms with Crippen molar-refractivity contribution in [3.8, 4) is 0 Å². The van der Waals surface area contributed by atoms with Crippen molar-refractivity contribution < 1.29 is 0 Å². The van der Waals surface area contributed by atoms with Crippen molar-refractivity contribution in [1.29, 1.82) is 0 Å². The molecule has 0 radical (unpaired) electrons. The highest BCUT2D eigenvalue weighted by molar-refractivity contribution is 7.09. The number of nitrogens with zero attached hydrogens (tertiary/aromatic N) is 3. The molecule has 1 aliphatic heterocycles. The largest absolute Gasteiger partial charge is 0.349 e. The van der Waals surface area contributed by atoms with Crippen LogP contribution in [-0.2, 0) is 6.54 Å². The molecule has 0 saturated heterocycles. The van der Waals surface area contributed by atoms with Gasteiger partial charge >= 0.3 is 0 Å². The number of guanidine groups is 2. The first-order valence-corrected chi connectivity index (χ1v) is 6.38. The van der Waals surface area contributed by atoms with Crippen LogP contribution < -0.4 is 10.6 Å². The summed E-state index contributed by atoms with van der Waals surface area (Å²) < 4.78 is 0. The van der Waals surface area contributed by atoms with Crippen molar-refractivity contribution in [2.24, 2.45) is 9.98 Å². The van der Waals surface area contributed by atoms with Crippen LogP contribution in [0.4, 0.5) is 0 Å². The lowest BCUT2D eigenvalue weighted by Gasteiger charge is -2.26. The molecule has 2 N–H and O–H groups in total. The quantitative estimate of drug-likeness (QED) is 0.826. The summed E-state index contributed by atoms with van der Waals surface area (Å²) in [5.74, 6) is 1.62. The van der Waals surface area contributed by atoms with Gasteiger partial charge in [0.2, 0.25) is 5.96 Å². The third-order valence-corrected chi connectivity index (χ3v) is 3.15. The molecule has 0 aromatic carbocycles. The molecule has 1 atom stereocenters. The van der Waals surface area contributed by atoms with Gasteiger partial charge < -0.3 is 10.2 Å². The average Bonchev–Trinajstić information content (AvgIpc) is 2.78. The highest BCUT2D eigenvalue weighted by atomic mass is 32.1. The second kappa shape index (κ2) is 5.18. The Morgan fingerprint density at radius 3 is 3.00 bits per heavy atom. The molecule has 17 heavy (non-hydrogen) atoms. The van der Waals surface area contributed by atoms with Crippen LogP contribution in [0, 0.1) is 0 Å². The molecule has 1 aromatic heterocycles. The molecule has 0 saturated carbocycles. The number of nitrogens with one attached hydrogen (secondary N) is 2. The third-order valence-electron chi connectivity index (χ3n) is 2.29. The van der Waals surface area contributed by atoms with Gasteiger partial charge in [-0.25, -0.2) is 9.98 Å². The number of hydrogen-bond acceptors (Lipinski definition) is 4. The van der Waals surface area contributed by atoms with E-state index in [9.17, 15) is 0 Å². The fourth-order valence-corrected chi connectivity index (χ4v) is 2.09. The van der Waals surface area contributed by atoms with Crippen molar-refractivity contribution in [3.63, 3.8) is 0 Å². The first-order valence-electron chi connectivity index (χ1n) is 5.50. The molecule has 2 heterocycles. The monoisotopic (exact) mass is 251 g/mol. The van der Waals surface area contributed by atoms with Crippen LogP contribution in [-0.4, -0.2) is 37.1 Å². The summed E-state index contributed by atoms with van der Waals surface area (Å²) in [5, 5.41) is 8.42. The van der Waals surface area contributed by atoms with Crippen LogP contribution in [0.2, 0.25) is 0 Å². The average molecular weight is 251 g/mol. The predicted molar refractivity (Wildman–Crippen MR) is 72.3 cm³/mol. The summed E-state index contributed by atoms with van der Waals surface area (Å²) in [6, 6.07) is 4.12. The van der Waals surface area contributed by atoms with E-state index in [1.807, 2.05) is 32.0 Å². The Labute approximate surface area is 105 Å². The summed E-state index contributed by atoms with van der Waals surface area (Å²) in [7, 11) is 3.92. The standard InChI is InChI=1S/C11H17N5S/c1-8-13-10(15-11(14-8)16(2)3)12-7-9-5-4-6-17-9/h4-6,8H,7H2,1-3H3,(H2,12,13,14,15). The van der Waals surface area contributed by atoms with Gasteiger partial charge in [-0.1, -0.05) is 6.07 Å². The minimum Gasteiger partial charge on any atom is -0.349 e. The summed E-state index contributed by atoms with van der Waals surface area (Å²) in [6.45, 7) is 2.70. The zero-order valence-corrected chi connectivity index (χ0v) is 11.1. The van der Waals surface area contributed by atoms with E-state index in [0.29, 0.717) is 6.54 Å². The smallest absolute Gasteiger partial charge is 0.202 e. The number of hydrogen-bond donors (Lipinski definition) is 2.